The molecule has 1 atom stereocenters. The van der Waals surface area contributed by atoms with Gasteiger partial charge < -0.3 is 10.4 Å². The largest absolute Gasteiger partial charge is 0.396 e. The smallest absolute Gasteiger partial charge is 0.227 e. The summed E-state index contributed by atoms with van der Waals surface area (Å²) < 4.78 is 0. The number of aliphatic hydroxyl groups is 1. The lowest BCUT2D eigenvalue weighted by molar-refractivity contribution is -0.125. The Balaban J connectivity index is 1.66. The molecule has 108 valence electrons. The SMILES string of the molecule is O=C(N[C@@H](CCO)c1cccc2ccccc12)C12CC1C2. The quantitative estimate of drug-likeness (QED) is 0.885. The van der Waals surface area contributed by atoms with Crippen LogP contribution < -0.4 is 5.32 Å². The Morgan fingerprint density at radius 2 is 1.95 bits per heavy atom. The molecule has 2 aromatic rings. The number of amides is 1. The van der Waals surface area contributed by atoms with Crippen LogP contribution in [0.25, 0.3) is 10.8 Å². The van der Waals surface area contributed by atoms with Gasteiger partial charge in [-0.15, -0.1) is 0 Å². The van der Waals surface area contributed by atoms with Gasteiger partial charge in [0.15, 0.2) is 0 Å². The molecule has 2 aliphatic rings. The summed E-state index contributed by atoms with van der Waals surface area (Å²) in [5.74, 6) is 0.818. The molecule has 2 saturated carbocycles. The first-order chi connectivity index (χ1) is 10.2. The highest BCUT2D eigenvalue weighted by atomic mass is 16.3. The van der Waals surface area contributed by atoms with Crippen molar-refractivity contribution >= 4 is 16.7 Å². The molecular formula is C18H19NO2. The monoisotopic (exact) mass is 281 g/mol. The third-order valence-corrected chi connectivity index (χ3v) is 5.06. The van der Waals surface area contributed by atoms with E-state index in [1.165, 1.54) is 5.39 Å². The van der Waals surface area contributed by atoms with Crippen molar-refractivity contribution in [1.82, 2.24) is 5.32 Å². The first-order valence-corrected chi connectivity index (χ1v) is 7.64. The molecule has 2 aromatic carbocycles. The fourth-order valence-electron chi connectivity index (χ4n) is 3.36. The van der Waals surface area contributed by atoms with E-state index in [2.05, 4.69) is 29.6 Å². The van der Waals surface area contributed by atoms with Crippen molar-refractivity contribution in [2.24, 2.45) is 11.3 Å². The minimum absolute atomic E-state index is 0.0295. The van der Waals surface area contributed by atoms with Crippen LogP contribution >= 0.6 is 0 Å². The van der Waals surface area contributed by atoms with E-state index in [-0.39, 0.29) is 24.0 Å². The van der Waals surface area contributed by atoms with Gasteiger partial charge >= 0.3 is 0 Å². The summed E-state index contributed by atoms with van der Waals surface area (Å²) in [6, 6.07) is 14.2. The standard InChI is InChI=1S/C18H19NO2/c20-9-8-16(19-17(21)18-10-13(18)11-18)15-7-3-5-12-4-1-2-6-14(12)15/h1-7,13,16,20H,8-11H2,(H,19,21)/t13?,16-,18?/m0/s1. The summed E-state index contributed by atoms with van der Waals surface area (Å²) in [7, 11) is 0. The van der Waals surface area contributed by atoms with Gasteiger partial charge in [0, 0.05) is 6.61 Å². The molecule has 2 aliphatic carbocycles. The van der Waals surface area contributed by atoms with E-state index < -0.39 is 0 Å². The van der Waals surface area contributed by atoms with Crippen LogP contribution in [0.3, 0.4) is 0 Å². The number of fused-ring (bicyclic) bond motifs is 2. The normalized spacial score (nSPS) is 27.0. The Labute approximate surface area is 124 Å². The topological polar surface area (TPSA) is 49.3 Å². The van der Waals surface area contributed by atoms with Gasteiger partial charge in [-0.3, -0.25) is 4.79 Å². The third kappa shape index (κ3) is 2.04. The average Bonchev–Trinajstić information content (AvgIpc) is 3.36. The Morgan fingerprint density at radius 1 is 1.24 bits per heavy atom. The van der Waals surface area contributed by atoms with Crippen molar-refractivity contribution in [3.05, 3.63) is 48.0 Å². The number of rotatable bonds is 5. The summed E-state index contributed by atoms with van der Waals surface area (Å²) in [4.78, 5) is 12.4. The van der Waals surface area contributed by atoms with E-state index in [9.17, 15) is 9.90 Å². The highest BCUT2D eigenvalue weighted by Crippen LogP contribution is 2.75. The molecule has 0 radical (unpaired) electrons. The predicted molar refractivity (Wildman–Crippen MR) is 81.7 cm³/mol. The van der Waals surface area contributed by atoms with Gasteiger partial charge in [-0.05, 0) is 41.5 Å². The van der Waals surface area contributed by atoms with Crippen LogP contribution in [0, 0.1) is 11.3 Å². The van der Waals surface area contributed by atoms with E-state index >= 15 is 0 Å². The molecule has 0 saturated heterocycles. The number of hydrogen-bond donors (Lipinski definition) is 2. The Hall–Kier alpha value is -1.87. The average molecular weight is 281 g/mol. The van der Waals surface area contributed by atoms with E-state index in [1.54, 1.807) is 0 Å². The zero-order valence-corrected chi connectivity index (χ0v) is 11.9. The maximum absolute atomic E-state index is 12.4. The molecule has 0 aromatic heterocycles. The van der Waals surface area contributed by atoms with Crippen molar-refractivity contribution in [1.29, 1.82) is 0 Å². The highest BCUT2D eigenvalue weighted by molar-refractivity contribution is 5.91. The fourth-order valence-corrected chi connectivity index (χ4v) is 3.36. The molecule has 1 amide bonds. The lowest BCUT2D eigenvalue weighted by Gasteiger charge is -2.21. The number of nitrogens with one attached hydrogen (secondary N) is 1. The van der Waals surface area contributed by atoms with E-state index in [4.69, 9.17) is 0 Å². The molecule has 0 unspecified atom stereocenters. The van der Waals surface area contributed by atoms with Gasteiger partial charge in [-0.1, -0.05) is 42.5 Å². The van der Waals surface area contributed by atoms with E-state index in [0.717, 1.165) is 23.8 Å². The van der Waals surface area contributed by atoms with Crippen LogP contribution in [-0.2, 0) is 4.79 Å². The van der Waals surface area contributed by atoms with E-state index in [0.29, 0.717) is 12.3 Å². The minimum atomic E-state index is -0.107. The first kappa shape index (κ1) is 12.8. The maximum atomic E-state index is 12.4. The summed E-state index contributed by atoms with van der Waals surface area (Å²) >= 11 is 0. The predicted octanol–water partition coefficient (Wildman–Crippen LogP) is 2.79. The molecule has 2 fully saturated rings. The zero-order chi connectivity index (χ0) is 14.4. The molecule has 4 rings (SSSR count). The second kappa shape index (κ2) is 4.57. The summed E-state index contributed by atoms with van der Waals surface area (Å²) in [5.41, 5.74) is 1.07. The van der Waals surface area contributed by atoms with Crippen molar-refractivity contribution in [2.75, 3.05) is 6.61 Å². The lowest BCUT2D eigenvalue weighted by atomic mass is 9.96. The molecule has 0 spiro atoms. The van der Waals surface area contributed by atoms with Crippen LogP contribution in [0.1, 0.15) is 30.9 Å². The number of carbonyl (C=O) groups excluding carboxylic acids is 1. The number of benzene rings is 2. The Morgan fingerprint density at radius 3 is 2.67 bits per heavy atom. The van der Waals surface area contributed by atoms with Crippen molar-refractivity contribution in [3.8, 4) is 0 Å². The van der Waals surface area contributed by atoms with Crippen LogP contribution in [0.5, 0.6) is 0 Å². The van der Waals surface area contributed by atoms with Gasteiger partial charge in [0.25, 0.3) is 0 Å². The van der Waals surface area contributed by atoms with Gasteiger partial charge in [-0.2, -0.15) is 0 Å². The number of carbonyl (C=O) groups is 1. The highest BCUT2D eigenvalue weighted by Gasteiger charge is 2.74. The van der Waals surface area contributed by atoms with Gasteiger partial charge in [0.1, 0.15) is 0 Å². The summed E-state index contributed by atoms with van der Waals surface area (Å²) in [6.07, 6.45) is 2.67. The molecule has 3 nitrogen and oxygen atoms in total. The molecule has 0 heterocycles. The maximum Gasteiger partial charge on any atom is 0.227 e. The number of aliphatic hydroxyl groups excluding tert-OH is 1. The second-order valence-corrected chi connectivity index (χ2v) is 6.37. The molecule has 2 N–H and O–H groups in total. The van der Waals surface area contributed by atoms with Gasteiger partial charge in [0.05, 0.1) is 11.5 Å². The Bertz CT molecular complexity index is 698. The summed E-state index contributed by atoms with van der Waals surface area (Å²) in [5, 5.41) is 14.9. The van der Waals surface area contributed by atoms with Crippen molar-refractivity contribution < 1.29 is 9.90 Å². The first-order valence-electron chi connectivity index (χ1n) is 7.64. The lowest BCUT2D eigenvalue weighted by Crippen LogP contribution is -2.32. The fraction of sp³-hybridized carbons (Fsp3) is 0.389. The second-order valence-electron chi connectivity index (χ2n) is 6.37. The Kier molecular flexibility index (Phi) is 2.79. The zero-order valence-electron chi connectivity index (χ0n) is 11.9. The minimum Gasteiger partial charge on any atom is -0.396 e. The molecule has 21 heavy (non-hydrogen) atoms. The summed E-state index contributed by atoms with van der Waals surface area (Å²) in [6.45, 7) is 0.0740. The van der Waals surface area contributed by atoms with Crippen LogP contribution in [-0.4, -0.2) is 17.6 Å². The molecular weight excluding hydrogens is 262 g/mol. The van der Waals surface area contributed by atoms with Crippen molar-refractivity contribution in [3.63, 3.8) is 0 Å². The number of hydrogen-bond acceptors (Lipinski definition) is 2. The third-order valence-electron chi connectivity index (χ3n) is 5.06. The molecule has 0 bridgehead atoms. The van der Waals surface area contributed by atoms with Crippen LogP contribution in [0.2, 0.25) is 0 Å². The molecule has 0 aliphatic heterocycles. The van der Waals surface area contributed by atoms with Crippen molar-refractivity contribution in [2.45, 2.75) is 25.3 Å². The van der Waals surface area contributed by atoms with Gasteiger partial charge in [0.2, 0.25) is 5.91 Å². The van der Waals surface area contributed by atoms with Crippen LogP contribution in [0.15, 0.2) is 42.5 Å². The molecule has 3 heteroatoms. The van der Waals surface area contributed by atoms with Crippen LogP contribution in [0.4, 0.5) is 0 Å². The van der Waals surface area contributed by atoms with Gasteiger partial charge in [-0.25, -0.2) is 0 Å². The van der Waals surface area contributed by atoms with E-state index in [1.807, 2.05) is 18.2 Å².